The molecule has 1 aliphatic rings. The lowest BCUT2D eigenvalue weighted by Crippen LogP contribution is -2.17. The summed E-state index contributed by atoms with van der Waals surface area (Å²) >= 11 is 0. The number of rotatable bonds is 3. The van der Waals surface area contributed by atoms with Crippen molar-refractivity contribution in [2.75, 3.05) is 0 Å². The molecule has 0 amide bonds. The van der Waals surface area contributed by atoms with Crippen molar-refractivity contribution >= 4 is 10.9 Å². The molecule has 0 saturated heterocycles. The Bertz CT molecular complexity index is 583. The summed E-state index contributed by atoms with van der Waals surface area (Å²) in [6.45, 7) is 4.42. The SMILES string of the molecule is CCC1CCC(Cc2nc(C)c3ccccc3n2)CC1. The van der Waals surface area contributed by atoms with E-state index in [9.17, 15) is 0 Å². The van der Waals surface area contributed by atoms with Crippen LogP contribution in [0.5, 0.6) is 0 Å². The van der Waals surface area contributed by atoms with Gasteiger partial charge >= 0.3 is 0 Å². The van der Waals surface area contributed by atoms with E-state index in [0.717, 1.165) is 35.3 Å². The largest absolute Gasteiger partial charge is 0.238 e. The first-order valence-electron chi connectivity index (χ1n) is 7.98. The van der Waals surface area contributed by atoms with Crippen LogP contribution in [-0.4, -0.2) is 9.97 Å². The molecule has 0 spiro atoms. The number of benzene rings is 1. The third-order valence-electron chi connectivity index (χ3n) is 4.86. The number of hydrogen-bond acceptors (Lipinski definition) is 2. The second kappa shape index (κ2) is 5.90. The number of fused-ring (bicyclic) bond motifs is 1. The molecule has 2 heteroatoms. The van der Waals surface area contributed by atoms with Gasteiger partial charge in [0.15, 0.2) is 0 Å². The normalized spacial score (nSPS) is 23.1. The van der Waals surface area contributed by atoms with E-state index >= 15 is 0 Å². The summed E-state index contributed by atoms with van der Waals surface area (Å²) in [5, 5.41) is 1.19. The average Bonchev–Trinajstić information content (AvgIpc) is 2.48. The maximum absolute atomic E-state index is 4.76. The summed E-state index contributed by atoms with van der Waals surface area (Å²) in [4.78, 5) is 9.48. The molecule has 1 saturated carbocycles. The van der Waals surface area contributed by atoms with E-state index in [0.29, 0.717) is 0 Å². The van der Waals surface area contributed by atoms with Crippen molar-refractivity contribution in [3.8, 4) is 0 Å². The van der Waals surface area contributed by atoms with Gasteiger partial charge in [-0.2, -0.15) is 0 Å². The standard InChI is InChI=1S/C18H24N2/c1-3-14-8-10-15(11-9-14)12-18-19-13(2)16-6-4-5-7-17(16)20-18/h4-7,14-15H,3,8-12H2,1-2H3. The fourth-order valence-corrected chi connectivity index (χ4v) is 3.49. The zero-order chi connectivity index (χ0) is 13.9. The molecule has 0 unspecified atom stereocenters. The highest BCUT2D eigenvalue weighted by Crippen LogP contribution is 2.32. The molecule has 1 aromatic carbocycles. The van der Waals surface area contributed by atoms with Crippen molar-refractivity contribution in [2.24, 2.45) is 11.8 Å². The van der Waals surface area contributed by atoms with Gasteiger partial charge in [-0.3, -0.25) is 0 Å². The first kappa shape index (κ1) is 13.5. The van der Waals surface area contributed by atoms with Crippen molar-refractivity contribution in [3.63, 3.8) is 0 Å². The molecule has 0 aliphatic heterocycles. The zero-order valence-electron chi connectivity index (χ0n) is 12.6. The minimum absolute atomic E-state index is 0.790. The van der Waals surface area contributed by atoms with Crippen LogP contribution in [-0.2, 0) is 6.42 Å². The second-order valence-corrected chi connectivity index (χ2v) is 6.24. The Labute approximate surface area is 121 Å². The van der Waals surface area contributed by atoms with Crippen LogP contribution in [0.25, 0.3) is 10.9 Å². The summed E-state index contributed by atoms with van der Waals surface area (Å²) in [5.74, 6) is 2.80. The number of nitrogens with zero attached hydrogens (tertiary/aromatic N) is 2. The van der Waals surface area contributed by atoms with Crippen molar-refractivity contribution < 1.29 is 0 Å². The predicted molar refractivity (Wildman–Crippen MR) is 83.7 cm³/mol. The van der Waals surface area contributed by atoms with Crippen molar-refractivity contribution in [2.45, 2.75) is 52.4 Å². The third-order valence-corrected chi connectivity index (χ3v) is 4.86. The summed E-state index contributed by atoms with van der Waals surface area (Å²) < 4.78 is 0. The molecule has 2 nitrogen and oxygen atoms in total. The van der Waals surface area contributed by atoms with Gasteiger partial charge in [-0.15, -0.1) is 0 Å². The first-order chi connectivity index (χ1) is 9.76. The van der Waals surface area contributed by atoms with Crippen LogP contribution in [0, 0.1) is 18.8 Å². The lowest BCUT2D eigenvalue weighted by atomic mass is 9.79. The number of aryl methyl sites for hydroxylation is 1. The topological polar surface area (TPSA) is 25.8 Å². The van der Waals surface area contributed by atoms with Gasteiger partial charge in [-0.1, -0.05) is 44.4 Å². The molecule has 3 rings (SSSR count). The van der Waals surface area contributed by atoms with Crippen LogP contribution in [0.4, 0.5) is 0 Å². The zero-order valence-corrected chi connectivity index (χ0v) is 12.6. The van der Waals surface area contributed by atoms with Crippen LogP contribution in [0.3, 0.4) is 0 Å². The summed E-state index contributed by atoms with van der Waals surface area (Å²) in [7, 11) is 0. The number of para-hydroxylation sites is 1. The van der Waals surface area contributed by atoms with Gasteiger partial charge < -0.3 is 0 Å². The Morgan fingerprint density at radius 2 is 1.70 bits per heavy atom. The van der Waals surface area contributed by atoms with Crippen LogP contribution >= 0.6 is 0 Å². The smallest absolute Gasteiger partial charge is 0.129 e. The van der Waals surface area contributed by atoms with Gasteiger partial charge in [0.05, 0.1) is 5.52 Å². The minimum atomic E-state index is 0.790. The number of aromatic nitrogens is 2. The van der Waals surface area contributed by atoms with Gasteiger partial charge in [-0.25, -0.2) is 9.97 Å². The Morgan fingerprint density at radius 1 is 1.00 bits per heavy atom. The molecule has 1 aliphatic carbocycles. The predicted octanol–water partition coefficient (Wildman–Crippen LogP) is 4.70. The Balaban J connectivity index is 1.75. The van der Waals surface area contributed by atoms with Crippen LogP contribution in [0.1, 0.15) is 50.5 Å². The molecule has 2 aromatic rings. The highest BCUT2D eigenvalue weighted by atomic mass is 14.9. The molecule has 20 heavy (non-hydrogen) atoms. The molecule has 0 bridgehead atoms. The monoisotopic (exact) mass is 268 g/mol. The highest BCUT2D eigenvalue weighted by Gasteiger charge is 2.21. The lowest BCUT2D eigenvalue weighted by molar-refractivity contribution is 0.266. The van der Waals surface area contributed by atoms with E-state index in [1.54, 1.807) is 0 Å². The third kappa shape index (κ3) is 2.84. The second-order valence-electron chi connectivity index (χ2n) is 6.24. The quantitative estimate of drug-likeness (QED) is 0.806. The van der Waals surface area contributed by atoms with Gasteiger partial charge in [-0.05, 0) is 37.7 Å². The summed E-state index contributed by atoms with van der Waals surface area (Å²) in [5.41, 5.74) is 2.21. The fraction of sp³-hybridized carbons (Fsp3) is 0.556. The van der Waals surface area contributed by atoms with E-state index in [1.165, 1.54) is 37.5 Å². The van der Waals surface area contributed by atoms with Crippen molar-refractivity contribution in [1.82, 2.24) is 9.97 Å². The van der Waals surface area contributed by atoms with Gasteiger partial charge in [0.1, 0.15) is 5.82 Å². The number of hydrogen-bond donors (Lipinski definition) is 0. The Hall–Kier alpha value is -1.44. The first-order valence-corrected chi connectivity index (χ1v) is 7.98. The van der Waals surface area contributed by atoms with E-state index < -0.39 is 0 Å². The average molecular weight is 268 g/mol. The molecule has 0 N–H and O–H groups in total. The van der Waals surface area contributed by atoms with Crippen LogP contribution in [0.2, 0.25) is 0 Å². The molecule has 106 valence electrons. The summed E-state index contributed by atoms with van der Waals surface area (Å²) in [6, 6.07) is 8.33. The molecule has 0 radical (unpaired) electrons. The Kier molecular flexibility index (Phi) is 4.00. The van der Waals surface area contributed by atoms with Gasteiger partial charge in [0.25, 0.3) is 0 Å². The van der Waals surface area contributed by atoms with Crippen LogP contribution in [0.15, 0.2) is 24.3 Å². The molecule has 1 heterocycles. The minimum Gasteiger partial charge on any atom is -0.238 e. The van der Waals surface area contributed by atoms with E-state index in [4.69, 9.17) is 9.97 Å². The molecule has 1 aromatic heterocycles. The maximum atomic E-state index is 4.76. The molecular weight excluding hydrogens is 244 g/mol. The summed E-state index contributed by atoms with van der Waals surface area (Å²) in [6.07, 6.45) is 7.91. The van der Waals surface area contributed by atoms with E-state index in [-0.39, 0.29) is 0 Å². The molecular formula is C18H24N2. The highest BCUT2D eigenvalue weighted by molar-refractivity contribution is 5.80. The van der Waals surface area contributed by atoms with E-state index in [1.807, 2.05) is 0 Å². The van der Waals surface area contributed by atoms with E-state index in [2.05, 4.69) is 38.1 Å². The van der Waals surface area contributed by atoms with Gasteiger partial charge in [0.2, 0.25) is 0 Å². The molecule has 0 atom stereocenters. The Morgan fingerprint density at radius 3 is 2.45 bits per heavy atom. The molecule has 1 fully saturated rings. The van der Waals surface area contributed by atoms with Crippen molar-refractivity contribution in [1.29, 1.82) is 0 Å². The lowest BCUT2D eigenvalue weighted by Gasteiger charge is -2.27. The van der Waals surface area contributed by atoms with Crippen LogP contribution < -0.4 is 0 Å². The van der Waals surface area contributed by atoms with Crippen molar-refractivity contribution in [3.05, 3.63) is 35.8 Å². The maximum Gasteiger partial charge on any atom is 0.129 e. The fourth-order valence-electron chi connectivity index (χ4n) is 3.49. The van der Waals surface area contributed by atoms with Gasteiger partial charge in [0, 0.05) is 17.5 Å².